The van der Waals surface area contributed by atoms with Gasteiger partial charge in [0.2, 0.25) is 0 Å². The van der Waals surface area contributed by atoms with Crippen molar-refractivity contribution in [2.75, 3.05) is 19.0 Å². The van der Waals surface area contributed by atoms with E-state index in [0.717, 1.165) is 38.9 Å². The van der Waals surface area contributed by atoms with Crippen molar-refractivity contribution in [3.8, 4) is 22.3 Å². The Balaban J connectivity index is 2.01. The Morgan fingerprint density at radius 3 is 2.14 bits per heavy atom. The molecule has 28 heavy (non-hydrogen) atoms. The lowest BCUT2D eigenvalue weighted by Crippen LogP contribution is -2.08. The van der Waals surface area contributed by atoms with Gasteiger partial charge in [0.05, 0.1) is 0 Å². The molecule has 0 aliphatic heterocycles. The van der Waals surface area contributed by atoms with E-state index in [1.54, 1.807) is 6.07 Å². The zero-order valence-corrected chi connectivity index (χ0v) is 16.6. The molecular weight excluding hydrogens is 346 g/mol. The number of nitrogens with zero attached hydrogens (tertiary/aromatic N) is 1. The highest BCUT2D eigenvalue weighted by molar-refractivity contribution is 6.00. The first-order chi connectivity index (χ1) is 13.5. The third-order valence-corrected chi connectivity index (χ3v) is 5.24. The van der Waals surface area contributed by atoms with Crippen LogP contribution in [0.25, 0.3) is 33.2 Å². The number of rotatable bonds is 3. The summed E-state index contributed by atoms with van der Waals surface area (Å²) >= 11 is 0. The van der Waals surface area contributed by atoms with Gasteiger partial charge in [-0.15, -0.1) is 0 Å². The van der Waals surface area contributed by atoms with E-state index >= 15 is 0 Å². The van der Waals surface area contributed by atoms with Crippen LogP contribution in [-0.4, -0.2) is 14.1 Å². The van der Waals surface area contributed by atoms with Crippen molar-refractivity contribution in [2.45, 2.75) is 13.8 Å². The SMILES string of the molecule is Cc1cc2oc(=O)cc(-c3ccccc3)c2c(C)c1-c1ccc(N(C)C)cc1. The third-order valence-electron chi connectivity index (χ3n) is 5.24. The van der Waals surface area contributed by atoms with Gasteiger partial charge in [0.15, 0.2) is 0 Å². The van der Waals surface area contributed by atoms with Crippen LogP contribution in [0.2, 0.25) is 0 Å². The van der Waals surface area contributed by atoms with E-state index in [-0.39, 0.29) is 5.63 Å². The number of hydrogen-bond donors (Lipinski definition) is 0. The van der Waals surface area contributed by atoms with Gasteiger partial charge >= 0.3 is 5.63 Å². The molecule has 0 spiro atoms. The zero-order chi connectivity index (χ0) is 19.8. The third kappa shape index (κ3) is 3.09. The highest BCUT2D eigenvalue weighted by Gasteiger charge is 2.16. The second-order valence-corrected chi connectivity index (χ2v) is 7.35. The van der Waals surface area contributed by atoms with Crippen LogP contribution < -0.4 is 10.5 Å². The Hall–Kier alpha value is -3.33. The van der Waals surface area contributed by atoms with E-state index in [4.69, 9.17) is 4.42 Å². The van der Waals surface area contributed by atoms with Crippen molar-refractivity contribution in [3.05, 3.63) is 88.3 Å². The maximum atomic E-state index is 12.2. The minimum atomic E-state index is -0.326. The quantitative estimate of drug-likeness (QED) is 0.427. The number of hydrogen-bond acceptors (Lipinski definition) is 3. The second kappa shape index (κ2) is 7.01. The Labute approximate surface area is 164 Å². The molecule has 4 aromatic rings. The maximum absolute atomic E-state index is 12.2. The number of aryl methyl sites for hydroxylation is 2. The van der Waals surface area contributed by atoms with Crippen molar-refractivity contribution < 1.29 is 4.42 Å². The second-order valence-electron chi connectivity index (χ2n) is 7.35. The summed E-state index contributed by atoms with van der Waals surface area (Å²) in [5.41, 5.74) is 7.96. The van der Waals surface area contributed by atoms with Crippen molar-refractivity contribution in [2.24, 2.45) is 0 Å². The fourth-order valence-corrected chi connectivity index (χ4v) is 3.91. The van der Waals surface area contributed by atoms with Crippen molar-refractivity contribution in [1.82, 2.24) is 0 Å². The summed E-state index contributed by atoms with van der Waals surface area (Å²) < 4.78 is 5.56. The van der Waals surface area contributed by atoms with Gasteiger partial charge in [-0.3, -0.25) is 0 Å². The van der Waals surface area contributed by atoms with Crippen LogP contribution in [0.5, 0.6) is 0 Å². The smallest absolute Gasteiger partial charge is 0.336 e. The Morgan fingerprint density at radius 1 is 0.821 bits per heavy atom. The molecule has 0 bridgehead atoms. The Morgan fingerprint density at radius 2 is 1.50 bits per heavy atom. The largest absolute Gasteiger partial charge is 0.423 e. The molecule has 3 nitrogen and oxygen atoms in total. The number of anilines is 1. The van der Waals surface area contributed by atoms with Gasteiger partial charge < -0.3 is 9.32 Å². The van der Waals surface area contributed by atoms with E-state index in [1.165, 1.54) is 5.56 Å². The highest BCUT2D eigenvalue weighted by Crippen LogP contribution is 2.37. The fraction of sp³-hybridized carbons (Fsp3) is 0.160. The summed E-state index contributed by atoms with van der Waals surface area (Å²) in [7, 11) is 4.07. The normalized spacial score (nSPS) is 11.0. The lowest BCUT2D eigenvalue weighted by Gasteiger charge is -2.17. The van der Waals surface area contributed by atoms with Gasteiger partial charge in [0.25, 0.3) is 0 Å². The first-order valence-electron chi connectivity index (χ1n) is 9.37. The molecule has 0 saturated heterocycles. The van der Waals surface area contributed by atoms with Gasteiger partial charge in [-0.2, -0.15) is 0 Å². The van der Waals surface area contributed by atoms with E-state index in [0.29, 0.717) is 5.58 Å². The molecule has 0 saturated carbocycles. The van der Waals surface area contributed by atoms with E-state index < -0.39 is 0 Å². The van der Waals surface area contributed by atoms with Gasteiger partial charge in [-0.05, 0) is 59.9 Å². The molecule has 0 aliphatic carbocycles. The summed E-state index contributed by atoms with van der Waals surface area (Å²) in [6, 6.07) is 22.1. The van der Waals surface area contributed by atoms with Gasteiger partial charge in [-0.1, -0.05) is 42.5 Å². The Kier molecular flexibility index (Phi) is 4.52. The summed E-state index contributed by atoms with van der Waals surface area (Å²) in [5, 5.41) is 0.989. The molecule has 3 aromatic carbocycles. The van der Waals surface area contributed by atoms with Crippen LogP contribution >= 0.6 is 0 Å². The molecule has 1 heterocycles. The van der Waals surface area contributed by atoms with Crippen LogP contribution in [0.3, 0.4) is 0 Å². The van der Waals surface area contributed by atoms with Crippen molar-refractivity contribution >= 4 is 16.7 Å². The minimum absolute atomic E-state index is 0.326. The molecule has 0 aliphatic rings. The maximum Gasteiger partial charge on any atom is 0.336 e. The van der Waals surface area contributed by atoms with E-state index in [9.17, 15) is 4.79 Å². The standard InChI is InChI=1S/C25H23NO2/c1-16-14-22-25(21(15-23(27)28-22)18-8-6-5-7-9-18)17(2)24(16)19-10-12-20(13-11-19)26(3)4/h5-15H,1-4H3. The molecule has 3 heteroatoms. The molecular formula is C25H23NO2. The molecule has 0 amide bonds. The average molecular weight is 369 g/mol. The summed E-state index contributed by atoms with van der Waals surface area (Å²) in [6.07, 6.45) is 0. The molecule has 0 N–H and O–H groups in total. The predicted octanol–water partition coefficient (Wildman–Crippen LogP) is 5.81. The molecule has 1 aromatic heterocycles. The lowest BCUT2D eigenvalue weighted by atomic mass is 9.89. The monoisotopic (exact) mass is 369 g/mol. The minimum Gasteiger partial charge on any atom is -0.423 e. The number of fused-ring (bicyclic) bond motifs is 1. The van der Waals surface area contributed by atoms with Crippen LogP contribution in [0.1, 0.15) is 11.1 Å². The molecule has 0 unspecified atom stereocenters. The predicted molar refractivity (Wildman–Crippen MR) is 117 cm³/mol. The van der Waals surface area contributed by atoms with Gasteiger partial charge in [0.1, 0.15) is 5.58 Å². The van der Waals surface area contributed by atoms with E-state index in [1.807, 2.05) is 50.5 Å². The molecule has 0 atom stereocenters. The summed E-state index contributed by atoms with van der Waals surface area (Å²) in [4.78, 5) is 14.3. The zero-order valence-electron chi connectivity index (χ0n) is 16.6. The molecule has 4 rings (SSSR count). The van der Waals surface area contributed by atoms with Gasteiger partial charge in [-0.25, -0.2) is 4.79 Å². The first kappa shape index (κ1) is 18.1. The van der Waals surface area contributed by atoms with Crippen LogP contribution in [0, 0.1) is 13.8 Å². The summed E-state index contributed by atoms with van der Waals surface area (Å²) in [6.45, 7) is 4.17. The van der Waals surface area contributed by atoms with Crippen molar-refractivity contribution in [1.29, 1.82) is 0 Å². The lowest BCUT2D eigenvalue weighted by molar-refractivity contribution is 0.561. The summed E-state index contributed by atoms with van der Waals surface area (Å²) in [5.74, 6) is 0. The average Bonchev–Trinajstić information content (AvgIpc) is 2.68. The first-order valence-corrected chi connectivity index (χ1v) is 9.37. The van der Waals surface area contributed by atoms with Crippen molar-refractivity contribution in [3.63, 3.8) is 0 Å². The molecule has 0 fully saturated rings. The van der Waals surface area contributed by atoms with E-state index in [2.05, 4.69) is 43.0 Å². The Bertz CT molecular complexity index is 1200. The highest BCUT2D eigenvalue weighted by atomic mass is 16.4. The van der Waals surface area contributed by atoms with Gasteiger partial charge in [0, 0.05) is 36.8 Å². The topological polar surface area (TPSA) is 33.5 Å². The number of benzene rings is 3. The molecule has 0 radical (unpaired) electrons. The van der Waals surface area contributed by atoms with Crippen LogP contribution in [0.15, 0.2) is 75.9 Å². The molecule has 140 valence electrons. The fourth-order valence-electron chi connectivity index (χ4n) is 3.91. The van der Waals surface area contributed by atoms with Crippen LogP contribution in [0.4, 0.5) is 5.69 Å². The van der Waals surface area contributed by atoms with Crippen LogP contribution in [-0.2, 0) is 0 Å².